The highest BCUT2D eigenvalue weighted by molar-refractivity contribution is 7.20. The Bertz CT molecular complexity index is 477. The Morgan fingerprint density at radius 3 is 2.60 bits per heavy atom. The SMILES string of the molecule is Cc1ccc(C(N)c2cc(Cl)sc2Cl)o1. The van der Waals surface area contributed by atoms with Gasteiger partial charge in [0.05, 0.1) is 14.7 Å². The quantitative estimate of drug-likeness (QED) is 0.888. The number of aryl methyl sites for hydroxylation is 1. The molecular formula is C10H9Cl2NOS. The topological polar surface area (TPSA) is 39.2 Å². The predicted octanol–water partition coefficient (Wildman–Crippen LogP) is 4.00. The first-order valence-corrected chi connectivity index (χ1v) is 5.92. The minimum Gasteiger partial charge on any atom is -0.464 e. The summed E-state index contributed by atoms with van der Waals surface area (Å²) in [5.74, 6) is 1.53. The highest BCUT2D eigenvalue weighted by Gasteiger charge is 2.18. The number of furan rings is 1. The maximum Gasteiger partial charge on any atom is 0.125 e. The van der Waals surface area contributed by atoms with E-state index in [2.05, 4.69) is 0 Å². The molecule has 0 spiro atoms. The molecule has 2 N–H and O–H groups in total. The maximum absolute atomic E-state index is 6.01. The van der Waals surface area contributed by atoms with E-state index in [1.165, 1.54) is 11.3 Å². The van der Waals surface area contributed by atoms with Crippen LogP contribution in [0, 0.1) is 6.92 Å². The zero-order chi connectivity index (χ0) is 11.0. The molecule has 0 bridgehead atoms. The van der Waals surface area contributed by atoms with E-state index in [0.717, 1.165) is 11.3 Å². The lowest BCUT2D eigenvalue weighted by Gasteiger charge is -2.06. The Morgan fingerprint density at radius 1 is 1.40 bits per heavy atom. The van der Waals surface area contributed by atoms with Gasteiger partial charge in [-0.25, -0.2) is 0 Å². The minimum absolute atomic E-state index is 0.352. The fraction of sp³-hybridized carbons (Fsp3) is 0.200. The van der Waals surface area contributed by atoms with Crippen molar-refractivity contribution in [2.24, 2.45) is 5.73 Å². The van der Waals surface area contributed by atoms with Crippen LogP contribution in [-0.4, -0.2) is 0 Å². The largest absolute Gasteiger partial charge is 0.464 e. The van der Waals surface area contributed by atoms with Gasteiger partial charge in [-0.2, -0.15) is 0 Å². The molecule has 1 unspecified atom stereocenters. The first-order valence-electron chi connectivity index (χ1n) is 4.34. The van der Waals surface area contributed by atoms with E-state index in [4.69, 9.17) is 33.4 Å². The molecule has 80 valence electrons. The van der Waals surface area contributed by atoms with Crippen LogP contribution in [0.5, 0.6) is 0 Å². The lowest BCUT2D eigenvalue weighted by atomic mass is 10.1. The van der Waals surface area contributed by atoms with Crippen LogP contribution in [0.25, 0.3) is 0 Å². The molecule has 0 fully saturated rings. The molecule has 5 heteroatoms. The van der Waals surface area contributed by atoms with Crippen molar-refractivity contribution in [1.82, 2.24) is 0 Å². The van der Waals surface area contributed by atoms with Crippen molar-refractivity contribution in [2.75, 3.05) is 0 Å². The van der Waals surface area contributed by atoms with Crippen LogP contribution < -0.4 is 5.73 Å². The van der Waals surface area contributed by atoms with Crippen LogP contribution in [0.3, 0.4) is 0 Å². The van der Waals surface area contributed by atoms with Crippen molar-refractivity contribution in [3.8, 4) is 0 Å². The monoisotopic (exact) mass is 261 g/mol. The average molecular weight is 262 g/mol. The van der Waals surface area contributed by atoms with Gasteiger partial charge in [0, 0.05) is 5.56 Å². The molecule has 2 aromatic rings. The van der Waals surface area contributed by atoms with Gasteiger partial charge in [0.15, 0.2) is 0 Å². The minimum atomic E-state index is -0.352. The number of hydrogen-bond donors (Lipinski definition) is 1. The lowest BCUT2D eigenvalue weighted by Crippen LogP contribution is -2.10. The van der Waals surface area contributed by atoms with E-state index < -0.39 is 0 Å². The number of thiophene rings is 1. The van der Waals surface area contributed by atoms with Crippen molar-refractivity contribution < 1.29 is 4.42 Å². The van der Waals surface area contributed by atoms with Gasteiger partial charge in [-0.05, 0) is 25.1 Å². The van der Waals surface area contributed by atoms with Gasteiger partial charge >= 0.3 is 0 Å². The molecule has 2 heterocycles. The molecule has 2 aromatic heterocycles. The number of rotatable bonds is 2. The Hall–Kier alpha value is -0.480. The fourth-order valence-electron chi connectivity index (χ4n) is 1.34. The van der Waals surface area contributed by atoms with Crippen LogP contribution in [0.15, 0.2) is 22.6 Å². The highest BCUT2D eigenvalue weighted by Crippen LogP contribution is 2.36. The van der Waals surface area contributed by atoms with Crippen LogP contribution in [0.2, 0.25) is 8.67 Å². The van der Waals surface area contributed by atoms with Crippen molar-refractivity contribution >= 4 is 34.5 Å². The molecule has 15 heavy (non-hydrogen) atoms. The second-order valence-electron chi connectivity index (χ2n) is 3.21. The third-order valence-corrected chi connectivity index (χ3v) is 3.60. The smallest absolute Gasteiger partial charge is 0.125 e. The zero-order valence-corrected chi connectivity index (χ0v) is 10.3. The third kappa shape index (κ3) is 2.21. The van der Waals surface area contributed by atoms with E-state index >= 15 is 0 Å². The fourth-order valence-corrected chi connectivity index (χ4v) is 2.89. The summed E-state index contributed by atoms with van der Waals surface area (Å²) in [4.78, 5) is 0. The summed E-state index contributed by atoms with van der Waals surface area (Å²) in [5.41, 5.74) is 6.82. The van der Waals surface area contributed by atoms with E-state index in [9.17, 15) is 0 Å². The summed E-state index contributed by atoms with van der Waals surface area (Å²) in [5, 5.41) is 0. The van der Waals surface area contributed by atoms with Gasteiger partial charge in [0.25, 0.3) is 0 Å². The number of nitrogens with two attached hydrogens (primary N) is 1. The molecule has 0 saturated carbocycles. The van der Waals surface area contributed by atoms with Crippen LogP contribution in [0.4, 0.5) is 0 Å². The van der Waals surface area contributed by atoms with Gasteiger partial charge < -0.3 is 10.2 Å². The molecular weight excluding hydrogens is 253 g/mol. The summed E-state index contributed by atoms with van der Waals surface area (Å²) in [7, 11) is 0. The molecule has 0 aliphatic rings. The number of hydrogen-bond acceptors (Lipinski definition) is 3. The van der Waals surface area contributed by atoms with E-state index in [1.807, 2.05) is 19.1 Å². The second-order valence-corrected chi connectivity index (χ2v) is 5.49. The lowest BCUT2D eigenvalue weighted by molar-refractivity contribution is 0.466. The Labute approximate surface area is 102 Å². The molecule has 0 amide bonds. The number of halogens is 2. The summed E-state index contributed by atoms with van der Waals surface area (Å²) in [6.45, 7) is 1.87. The Morgan fingerprint density at radius 2 is 2.13 bits per heavy atom. The molecule has 2 nitrogen and oxygen atoms in total. The first-order chi connectivity index (χ1) is 7.08. The van der Waals surface area contributed by atoms with E-state index in [1.54, 1.807) is 6.07 Å². The zero-order valence-electron chi connectivity index (χ0n) is 7.96. The normalized spacial score (nSPS) is 13.1. The summed E-state index contributed by atoms with van der Waals surface area (Å²) in [6.07, 6.45) is 0. The Kier molecular flexibility index (Phi) is 3.07. The molecule has 2 rings (SSSR count). The molecule has 1 atom stereocenters. The van der Waals surface area contributed by atoms with E-state index in [-0.39, 0.29) is 6.04 Å². The van der Waals surface area contributed by atoms with Gasteiger partial charge in [-0.3, -0.25) is 0 Å². The summed E-state index contributed by atoms with van der Waals surface area (Å²) < 4.78 is 6.69. The third-order valence-electron chi connectivity index (χ3n) is 2.09. The van der Waals surface area contributed by atoms with Gasteiger partial charge in [-0.1, -0.05) is 23.2 Å². The summed E-state index contributed by atoms with van der Waals surface area (Å²) >= 11 is 13.2. The average Bonchev–Trinajstić information content (AvgIpc) is 2.71. The molecule has 0 saturated heterocycles. The Balaban J connectivity index is 2.35. The van der Waals surface area contributed by atoms with Crippen LogP contribution in [-0.2, 0) is 0 Å². The standard InChI is InChI=1S/C10H9Cl2NOS/c1-5-2-3-7(14-5)9(13)6-4-8(11)15-10(6)12/h2-4,9H,13H2,1H3. The molecule has 0 radical (unpaired) electrons. The second kappa shape index (κ2) is 4.18. The molecule has 0 aliphatic carbocycles. The first kappa shape index (κ1) is 11.0. The van der Waals surface area contributed by atoms with Crippen molar-refractivity contribution in [3.05, 3.63) is 44.0 Å². The van der Waals surface area contributed by atoms with Crippen LogP contribution >= 0.6 is 34.5 Å². The van der Waals surface area contributed by atoms with E-state index in [0.29, 0.717) is 14.4 Å². The van der Waals surface area contributed by atoms with Crippen molar-refractivity contribution in [3.63, 3.8) is 0 Å². The molecule has 0 aromatic carbocycles. The van der Waals surface area contributed by atoms with Gasteiger partial charge in [-0.15, -0.1) is 11.3 Å². The maximum atomic E-state index is 6.01. The van der Waals surface area contributed by atoms with Crippen molar-refractivity contribution in [2.45, 2.75) is 13.0 Å². The van der Waals surface area contributed by atoms with Gasteiger partial charge in [0.2, 0.25) is 0 Å². The highest BCUT2D eigenvalue weighted by atomic mass is 35.5. The van der Waals surface area contributed by atoms with Crippen LogP contribution in [0.1, 0.15) is 23.1 Å². The van der Waals surface area contributed by atoms with Crippen molar-refractivity contribution in [1.29, 1.82) is 0 Å². The molecule has 0 aliphatic heterocycles. The summed E-state index contributed by atoms with van der Waals surface area (Å²) in [6, 6.07) is 5.14. The van der Waals surface area contributed by atoms with Gasteiger partial charge in [0.1, 0.15) is 11.5 Å². The predicted molar refractivity (Wildman–Crippen MR) is 63.8 cm³/mol.